The summed E-state index contributed by atoms with van der Waals surface area (Å²) in [6, 6.07) is 15.7. The Kier molecular flexibility index (Phi) is 5.98. The molecule has 0 saturated carbocycles. The average molecular weight is 356 g/mol. The lowest BCUT2D eigenvalue weighted by Gasteiger charge is -2.14. The summed E-state index contributed by atoms with van der Waals surface area (Å²) >= 11 is 0. The van der Waals surface area contributed by atoms with E-state index in [1.165, 1.54) is 12.1 Å². The number of hydrogen-bond acceptors (Lipinski definition) is 3. The molecule has 1 atom stereocenters. The third-order valence-corrected chi connectivity index (χ3v) is 4.72. The Morgan fingerprint density at radius 2 is 1.68 bits per heavy atom. The van der Waals surface area contributed by atoms with Crippen molar-refractivity contribution in [2.75, 3.05) is 0 Å². The van der Waals surface area contributed by atoms with Crippen molar-refractivity contribution in [3.63, 3.8) is 0 Å². The predicted molar refractivity (Wildman–Crippen MR) is 103 cm³/mol. The number of nitro groups is 1. The van der Waals surface area contributed by atoms with Gasteiger partial charge < -0.3 is 0 Å². The van der Waals surface area contributed by atoms with Crippen molar-refractivity contribution in [3.8, 4) is 0 Å². The smallest absolute Gasteiger partial charge is 0.258 e. The van der Waals surface area contributed by atoms with E-state index in [1.54, 1.807) is 24.3 Å². The molecule has 2 aromatic carbocycles. The van der Waals surface area contributed by atoms with Gasteiger partial charge in [0.25, 0.3) is 5.69 Å². The predicted octanol–water partition coefficient (Wildman–Crippen LogP) is 4.56. The summed E-state index contributed by atoms with van der Waals surface area (Å²) in [4.78, 5) is 10.3. The Hall–Kier alpha value is -2.60. The van der Waals surface area contributed by atoms with Gasteiger partial charge in [0, 0.05) is 17.7 Å². The maximum absolute atomic E-state index is 12.4. The van der Waals surface area contributed by atoms with Crippen LogP contribution < -0.4 is 0 Å². The highest BCUT2D eigenvalue weighted by atomic mass is 32.2. The quantitative estimate of drug-likeness (QED) is 0.448. The Bertz CT molecular complexity index is 820. The second-order valence-corrected chi connectivity index (χ2v) is 8.29. The molecule has 0 fully saturated rings. The molecule has 5 nitrogen and oxygen atoms in total. The second-order valence-electron chi connectivity index (χ2n) is 6.39. The van der Waals surface area contributed by atoms with Crippen molar-refractivity contribution in [3.05, 3.63) is 81.9 Å². The monoisotopic (exact) mass is 356 g/mol. The van der Waals surface area contributed by atoms with Crippen LogP contribution >= 0.6 is 0 Å². The lowest BCUT2D eigenvalue weighted by atomic mass is 10.1. The highest BCUT2D eigenvalue weighted by molar-refractivity contribution is 7.85. The maximum atomic E-state index is 12.4. The molecule has 0 spiro atoms. The first-order chi connectivity index (χ1) is 11.8. The van der Waals surface area contributed by atoms with Gasteiger partial charge in [0.05, 0.1) is 15.4 Å². The van der Waals surface area contributed by atoms with Gasteiger partial charge >= 0.3 is 0 Å². The minimum Gasteiger partial charge on any atom is -0.258 e. The molecular weight excluding hydrogens is 336 g/mol. The van der Waals surface area contributed by atoms with Gasteiger partial charge in [-0.05, 0) is 44.5 Å². The van der Waals surface area contributed by atoms with Gasteiger partial charge in [-0.3, -0.25) is 10.1 Å². The molecule has 0 aliphatic heterocycles. The Labute approximate surface area is 149 Å². The number of nitrogens with zero attached hydrogens (tertiary/aromatic N) is 2. The maximum Gasteiger partial charge on any atom is 0.269 e. The molecule has 6 heteroatoms. The van der Waals surface area contributed by atoms with Crippen LogP contribution in [0.3, 0.4) is 0 Å². The van der Waals surface area contributed by atoms with Crippen LogP contribution in [-0.4, -0.2) is 19.6 Å². The van der Waals surface area contributed by atoms with Gasteiger partial charge in [-0.25, -0.2) is 4.21 Å². The summed E-state index contributed by atoms with van der Waals surface area (Å²) in [5.41, 5.74) is 2.31. The van der Waals surface area contributed by atoms with Crippen LogP contribution in [0.2, 0.25) is 0 Å². The molecule has 0 aliphatic rings. The molecule has 0 unspecified atom stereocenters. The minimum absolute atomic E-state index is 0.0444. The molecule has 130 valence electrons. The van der Waals surface area contributed by atoms with E-state index in [0.29, 0.717) is 5.71 Å². The lowest BCUT2D eigenvalue weighted by molar-refractivity contribution is -0.384. The molecular formula is C19H20N2O3S. The number of hydrogen-bond donors (Lipinski definition) is 0. The van der Waals surface area contributed by atoms with Gasteiger partial charge in [-0.1, -0.05) is 36.4 Å². The van der Waals surface area contributed by atoms with Crippen LogP contribution in [0.25, 0.3) is 6.08 Å². The Morgan fingerprint density at radius 1 is 1.08 bits per heavy atom. The fourth-order valence-corrected chi connectivity index (χ4v) is 2.52. The first-order valence-electron chi connectivity index (χ1n) is 7.76. The second kappa shape index (κ2) is 7.98. The summed E-state index contributed by atoms with van der Waals surface area (Å²) in [6.45, 7) is 5.61. The van der Waals surface area contributed by atoms with Crippen molar-refractivity contribution in [1.82, 2.24) is 0 Å². The number of rotatable bonds is 5. The summed E-state index contributed by atoms with van der Waals surface area (Å²) in [5.74, 6) is 0. The van der Waals surface area contributed by atoms with Crippen molar-refractivity contribution >= 4 is 28.5 Å². The van der Waals surface area contributed by atoms with Gasteiger partial charge in [0.1, 0.15) is 11.0 Å². The highest BCUT2D eigenvalue weighted by Crippen LogP contribution is 2.16. The number of nitro benzene ring substituents is 1. The molecule has 2 rings (SSSR count). The lowest BCUT2D eigenvalue weighted by Crippen LogP contribution is -2.20. The number of benzene rings is 2. The zero-order valence-electron chi connectivity index (χ0n) is 14.4. The van der Waals surface area contributed by atoms with Crippen LogP contribution in [0.5, 0.6) is 0 Å². The normalized spacial score (nSPS) is 13.8. The van der Waals surface area contributed by atoms with Gasteiger partial charge in [-0.2, -0.15) is 4.40 Å². The van der Waals surface area contributed by atoms with E-state index in [2.05, 4.69) is 4.40 Å². The van der Waals surface area contributed by atoms with Crippen LogP contribution in [0.15, 0.2) is 65.1 Å². The zero-order chi connectivity index (χ0) is 18.4. The van der Waals surface area contributed by atoms with E-state index < -0.39 is 20.7 Å². The molecule has 0 bridgehead atoms. The molecule has 0 aromatic heterocycles. The van der Waals surface area contributed by atoms with E-state index in [4.69, 9.17) is 0 Å². The van der Waals surface area contributed by atoms with E-state index in [1.807, 2.05) is 51.1 Å². The Morgan fingerprint density at radius 3 is 2.20 bits per heavy atom. The molecule has 2 aromatic rings. The van der Waals surface area contributed by atoms with Crippen LogP contribution in [0.4, 0.5) is 5.69 Å². The van der Waals surface area contributed by atoms with Crippen LogP contribution in [-0.2, 0) is 11.0 Å². The standard InChI is InChI=1S/C19H20N2O3S/c1-19(2,3)25(24)20-18(16-7-5-4-6-8-16)14-11-15-9-12-17(13-10-15)21(22)23/h4-14H,1-3H3/b14-11+,20-18+/t25-/m1/s1. The summed E-state index contributed by atoms with van der Waals surface area (Å²) in [7, 11) is -1.39. The van der Waals surface area contributed by atoms with E-state index >= 15 is 0 Å². The van der Waals surface area contributed by atoms with Gasteiger partial charge in [-0.15, -0.1) is 0 Å². The molecule has 25 heavy (non-hydrogen) atoms. The van der Waals surface area contributed by atoms with Gasteiger partial charge in [0.15, 0.2) is 0 Å². The molecule has 0 radical (unpaired) electrons. The van der Waals surface area contributed by atoms with Crippen LogP contribution in [0, 0.1) is 10.1 Å². The molecule has 0 amide bonds. The van der Waals surface area contributed by atoms with Crippen molar-refractivity contribution in [2.24, 2.45) is 4.40 Å². The minimum atomic E-state index is -1.39. The van der Waals surface area contributed by atoms with Crippen molar-refractivity contribution in [1.29, 1.82) is 0 Å². The zero-order valence-corrected chi connectivity index (χ0v) is 15.2. The number of non-ortho nitro benzene ring substituents is 1. The van der Waals surface area contributed by atoms with Crippen LogP contribution in [0.1, 0.15) is 31.9 Å². The average Bonchev–Trinajstić information content (AvgIpc) is 2.58. The summed E-state index contributed by atoms with van der Waals surface area (Å²) in [5, 5.41) is 10.7. The SMILES string of the molecule is CC(C)(C)[S@@](=O)/N=C(\C=C\c1ccc([N+](=O)[O-])cc1)c1ccccc1. The summed E-state index contributed by atoms with van der Waals surface area (Å²) in [6.07, 6.45) is 3.58. The third kappa shape index (κ3) is 5.46. The van der Waals surface area contributed by atoms with Crippen molar-refractivity contribution in [2.45, 2.75) is 25.5 Å². The first-order valence-corrected chi connectivity index (χ1v) is 8.87. The van der Waals surface area contributed by atoms with E-state index in [0.717, 1.165) is 11.1 Å². The van der Waals surface area contributed by atoms with E-state index in [-0.39, 0.29) is 5.69 Å². The molecule has 0 N–H and O–H groups in total. The Balaban J connectivity index is 2.34. The third-order valence-electron chi connectivity index (χ3n) is 3.31. The van der Waals surface area contributed by atoms with E-state index in [9.17, 15) is 14.3 Å². The molecule has 0 heterocycles. The highest BCUT2D eigenvalue weighted by Gasteiger charge is 2.19. The fraction of sp³-hybridized carbons (Fsp3) is 0.211. The largest absolute Gasteiger partial charge is 0.269 e. The van der Waals surface area contributed by atoms with Gasteiger partial charge in [0.2, 0.25) is 0 Å². The van der Waals surface area contributed by atoms with Crippen molar-refractivity contribution < 1.29 is 9.13 Å². The molecule has 0 aliphatic carbocycles. The first kappa shape index (κ1) is 18.7. The number of allylic oxidation sites excluding steroid dienone is 1. The fourth-order valence-electron chi connectivity index (χ4n) is 1.90. The molecule has 0 saturated heterocycles. The summed E-state index contributed by atoms with van der Waals surface area (Å²) < 4.78 is 16.3. The topological polar surface area (TPSA) is 72.6 Å².